The standard InChI is InChI=1S/C11H14BrClS/c1-14-11-6-9(3-2-4-12)5-10(7-11)8-13/h5-7H,2-4,8H2,1H3. The maximum atomic E-state index is 5.84. The van der Waals surface area contributed by atoms with E-state index in [9.17, 15) is 0 Å². The molecule has 14 heavy (non-hydrogen) atoms. The molecule has 3 heteroatoms. The van der Waals surface area contributed by atoms with Crippen molar-refractivity contribution in [1.82, 2.24) is 0 Å². The third-order valence-corrected chi connectivity index (χ3v) is 3.59. The fourth-order valence-corrected chi connectivity index (χ4v) is 2.31. The number of thioether (sulfide) groups is 1. The van der Waals surface area contributed by atoms with Crippen molar-refractivity contribution in [3.05, 3.63) is 29.3 Å². The number of halogens is 2. The van der Waals surface area contributed by atoms with Gasteiger partial charge in [-0.25, -0.2) is 0 Å². The summed E-state index contributed by atoms with van der Waals surface area (Å²) in [4.78, 5) is 1.31. The van der Waals surface area contributed by atoms with Gasteiger partial charge >= 0.3 is 0 Å². The van der Waals surface area contributed by atoms with Crippen molar-refractivity contribution in [3.63, 3.8) is 0 Å². The molecule has 0 amide bonds. The van der Waals surface area contributed by atoms with Crippen LogP contribution in [-0.2, 0) is 12.3 Å². The molecule has 0 saturated heterocycles. The van der Waals surface area contributed by atoms with E-state index in [0.717, 1.165) is 11.8 Å². The van der Waals surface area contributed by atoms with Crippen LogP contribution in [-0.4, -0.2) is 11.6 Å². The summed E-state index contributed by atoms with van der Waals surface area (Å²) in [5.74, 6) is 0.607. The molecule has 0 heterocycles. The summed E-state index contributed by atoms with van der Waals surface area (Å²) in [5.41, 5.74) is 2.62. The molecule has 0 fully saturated rings. The Morgan fingerprint density at radius 3 is 2.57 bits per heavy atom. The predicted octanol–water partition coefficient (Wildman–Crippen LogP) is 4.47. The zero-order valence-electron chi connectivity index (χ0n) is 8.22. The van der Waals surface area contributed by atoms with Crippen LogP contribution in [0, 0.1) is 0 Å². The van der Waals surface area contributed by atoms with Crippen molar-refractivity contribution >= 4 is 39.3 Å². The number of aryl methyl sites for hydroxylation is 1. The van der Waals surface area contributed by atoms with Crippen LogP contribution in [0.25, 0.3) is 0 Å². The summed E-state index contributed by atoms with van der Waals surface area (Å²) in [7, 11) is 0. The van der Waals surface area contributed by atoms with Gasteiger partial charge in [-0.3, -0.25) is 0 Å². The lowest BCUT2D eigenvalue weighted by Gasteiger charge is -2.05. The van der Waals surface area contributed by atoms with E-state index >= 15 is 0 Å². The Morgan fingerprint density at radius 1 is 1.29 bits per heavy atom. The van der Waals surface area contributed by atoms with Crippen LogP contribution in [0.2, 0.25) is 0 Å². The van der Waals surface area contributed by atoms with Crippen LogP contribution in [0.3, 0.4) is 0 Å². The summed E-state index contributed by atoms with van der Waals surface area (Å²) in [6.45, 7) is 0. The van der Waals surface area contributed by atoms with Gasteiger partial charge in [0, 0.05) is 16.1 Å². The Bertz CT molecular complexity index is 266. The predicted molar refractivity (Wildman–Crippen MR) is 69.9 cm³/mol. The van der Waals surface area contributed by atoms with Crippen LogP contribution in [0.4, 0.5) is 0 Å². The van der Waals surface area contributed by atoms with Crippen LogP contribution < -0.4 is 0 Å². The molecule has 1 rings (SSSR count). The highest BCUT2D eigenvalue weighted by molar-refractivity contribution is 9.09. The van der Waals surface area contributed by atoms with Gasteiger partial charge in [-0.15, -0.1) is 23.4 Å². The molecule has 1 aromatic rings. The van der Waals surface area contributed by atoms with Crippen LogP contribution in [0.15, 0.2) is 23.1 Å². The molecule has 0 saturated carbocycles. The Labute approximate surface area is 104 Å². The average molecular weight is 294 g/mol. The fraction of sp³-hybridized carbons (Fsp3) is 0.455. The van der Waals surface area contributed by atoms with Crippen molar-refractivity contribution in [1.29, 1.82) is 0 Å². The van der Waals surface area contributed by atoms with Gasteiger partial charge in [0.2, 0.25) is 0 Å². The third-order valence-electron chi connectivity index (χ3n) is 2.02. The molecule has 0 spiro atoms. The molecule has 0 aliphatic heterocycles. The highest BCUT2D eigenvalue weighted by atomic mass is 79.9. The second kappa shape index (κ2) is 6.76. The molecule has 78 valence electrons. The van der Waals surface area contributed by atoms with Crippen LogP contribution in [0.1, 0.15) is 17.5 Å². The van der Waals surface area contributed by atoms with E-state index in [1.54, 1.807) is 11.8 Å². The van der Waals surface area contributed by atoms with E-state index in [2.05, 4.69) is 40.4 Å². The highest BCUT2D eigenvalue weighted by Crippen LogP contribution is 2.21. The molecule has 0 unspecified atom stereocenters. The molecule has 0 bridgehead atoms. The van der Waals surface area contributed by atoms with Gasteiger partial charge in [0.15, 0.2) is 0 Å². The van der Waals surface area contributed by atoms with Crippen molar-refractivity contribution < 1.29 is 0 Å². The monoisotopic (exact) mass is 292 g/mol. The minimum atomic E-state index is 0.607. The number of benzene rings is 1. The SMILES string of the molecule is CSc1cc(CCl)cc(CCCBr)c1. The van der Waals surface area contributed by atoms with Gasteiger partial charge < -0.3 is 0 Å². The summed E-state index contributed by atoms with van der Waals surface area (Å²) in [6.07, 6.45) is 4.41. The van der Waals surface area contributed by atoms with Crippen molar-refractivity contribution in [2.45, 2.75) is 23.6 Å². The van der Waals surface area contributed by atoms with Crippen LogP contribution in [0.5, 0.6) is 0 Å². The second-order valence-corrected chi connectivity index (χ2v) is 5.06. The van der Waals surface area contributed by atoms with Crippen molar-refractivity contribution in [3.8, 4) is 0 Å². The number of hydrogen-bond acceptors (Lipinski definition) is 1. The Kier molecular flexibility index (Phi) is 5.99. The second-order valence-electron chi connectivity index (χ2n) is 3.12. The highest BCUT2D eigenvalue weighted by Gasteiger charge is 1.99. The van der Waals surface area contributed by atoms with Gasteiger partial charge in [0.25, 0.3) is 0 Å². The largest absolute Gasteiger partial charge is 0.130 e. The molecule has 0 nitrogen and oxygen atoms in total. The van der Waals surface area contributed by atoms with Gasteiger partial charge in [0.1, 0.15) is 0 Å². The van der Waals surface area contributed by atoms with Gasteiger partial charge in [-0.1, -0.05) is 22.0 Å². The van der Waals surface area contributed by atoms with E-state index in [0.29, 0.717) is 5.88 Å². The van der Waals surface area contributed by atoms with E-state index in [-0.39, 0.29) is 0 Å². The zero-order chi connectivity index (χ0) is 10.4. The molecule has 0 radical (unpaired) electrons. The molecule has 0 aromatic heterocycles. The normalized spacial score (nSPS) is 10.5. The Hall–Kier alpha value is 0.340. The number of hydrogen-bond donors (Lipinski definition) is 0. The van der Waals surface area contributed by atoms with E-state index in [4.69, 9.17) is 11.6 Å². The van der Waals surface area contributed by atoms with Gasteiger partial charge in [-0.05, 0) is 42.4 Å². The third kappa shape index (κ3) is 3.84. The molecule has 1 aromatic carbocycles. The molecule has 0 aliphatic rings. The quantitative estimate of drug-likeness (QED) is 0.570. The van der Waals surface area contributed by atoms with E-state index in [1.807, 2.05) is 0 Å². The Morgan fingerprint density at radius 2 is 2.00 bits per heavy atom. The first-order chi connectivity index (χ1) is 6.80. The molecule has 0 N–H and O–H groups in total. The fourth-order valence-electron chi connectivity index (χ4n) is 1.34. The van der Waals surface area contributed by atoms with Gasteiger partial charge in [-0.2, -0.15) is 0 Å². The molecule has 0 atom stereocenters. The van der Waals surface area contributed by atoms with Crippen molar-refractivity contribution in [2.24, 2.45) is 0 Å². The number of alkyl halides is 2. The summed E-state index contributed by atoms with van der Waals surface area (Å²) < 4.78 is 0. The summed E-state index contributed by atoms with van der Waals surface area (Å²) in [5, 5.41) is 1.06. The first-order valence-electron chi connectivity index (χ1n) is 4.59. The number of rotatable bonds is 5. The molecule has 0 aliphatic carbocycles. The lowest BCUT2D eigenvalue weighted by molar-refractivity contribution is 0.932. The Balaban J connectivity index is 2.81. The minimum Gasteiger partial charge on any atom is -0.130 e. The van der Waals surface area contributed by atoms with Crippen molar-refractivity contribution in [2.75, 3.05) is 11.6 Å². The van der Waals surface area contributed by atoms with Gasteiger partial charge in [0.05, 0.1) is 0 Å². The molecular weight excluding hydrogens is 280 g/mol. The summed E-state index contributed by atoms with van der Waals surface area (Å²) >= 11 is 11.1. The maximum absolute atomic E-state index is 5.84. The lowest BCUT2D eigenvalue weighted by Crippen LogP contribution is -1.89. The average Bonchev–Trinajstić information content (AvgIpc) is 2.25. The topological polar surface area (TPSA) is 0 Å². The first kappa shape index (κ1) is 12.4. The van der Waals surface area contributed by atoms with E-state index < -0.39 is 0 Å². The molecular formula is C11H14BrClS. The smallest absolute Gasteiger partial charge is 0.0474 e. The minimum absolute atomic E-state index is 0.607. The van der Waals surface area contributed by atoms with E-state index in [1.165, 1.54) is 22.4 Å². The van der Waals surface area contributed by atoms with Crippen LogP contribution >= 0.6 is 39.3 Å². The lowest BCUT2D eigenvalue weighted by atomic mass is 10.1. The first-order valence-corrected chi connectivity index (χ1v) is 7.47. The maximum Gasteiger partial charge on any atom is 0.0474 e. The summed E-state index contributed by atoms with van der Waals surface area (Å²) in [6, 6.07) is 6.62. The zero-order valence-corrected chi connectivity index (χ0v) is 11.4.